The number of aromatic nitrogens is 3. The van der Waals surface area contributed by atoms with Gasteiger partial charge in [-0.15, -0.1) is 5.10 Å². The molecule has 0 radical (unpaired) electrons. The summed E-state index contributed by atoms with van der Waals surface area (Å²) in [6.07, 6.45) is 2.13. The molecular formula is C20H32N3O5P. The summed E-state index contributed by atoms with van der Waals surface area (Å²) in [5.41, 5.74) is 4.45. The molecule has 29 heavy (non-hydrogen) atoms. The molecule has 0 aliphatic heterocycles. The monoisotopic (exact) mass is 425 g/mol. The maximum absolute atomic E-state index is 12.3. The molecule has 0 unspecified atom stereocenters. The van der Waals surface area contributed by atoms with Crippen molar-refractivity contribution >= 4 is 7.60 Å². The van der Waals surface area contributed by atoms with Crippen molar-refractivity contribution in [3.63, 3.8) is 0 Å². The third-order valence-corrected chi connectivity index (χ3v) is 6.03. The molecule has 9 heteroatoms. The van der Waals surface area contributed by atoms with Crippen LogP contribution in [0.2, 0.25) is 0 Å². The third kappa shape index (κ3) is 8.76. The summed E-state index contributed by atoms with van der Waals surface area (Å²) in [5, 5.41) is 8.30. The molecule has 0 bridgehead atoms. The van der Waals surface area contributed by atoms with Crippen LogP contribution in [0.4, 0.5) is 0 Å². The highest BCUT2D eigenvalue weighted by molar-refractivity contribution is 7.53. The van der Waals surface area contributed by atoms with Gasteiger partial charge < -0.3 is 18.5 Å². The quantitative estimate of drug-likeness (QED) is 0.337. The minimum absolute atomic E-state index is 0.238. The van der Waals surface area contributed by atoms with E-state index in [4.69, 9.17) is 18.5 Å². The van der Waals surface area contributed by atoms with Crippen LogP contribution in [0.25, 0.3) is 0 Å². The summed E-state index contributed by atoms with van der Waals surface area (Å²) in [7, 11) is -3.04. The fourth-order valence-electron chi connectivity index (χ4n) is 2.96. The Bertz CT molecular complexity index is 766. The van der Waals surface area contributed by atoms with E-state index in [1.54, 1.807) is 13.8 Å². The minimum atomic E-state index is -3.04. The smallest absolute Gasteiger partial charge is 0.332 e. The number of benzene rings is 1. The maximum atomic E-state index is 12.3. The average Bonchev–Trinajstić information content (AvgIpc) is 3.07. The van der Waals surface area contributed by atoms with Gasteiger partial charge in [-0.25, -0.2) is 4.68 Å². The normalized spacial score (nSPS) is 11.9. The van der Waals surface area contributed by atoms with Crippen LogP contribution in [0.5, 0.6) is 0 Å². The largest absolute Gasteiger partial charge is 0.378 e. The molecule has 0 saturated carbocycles. The summed E-state index contributed by atoms with van der Waals surface area (Å²) in [6.45, 7) is 10.6. The van der Waals surface area contributed by atoms with Crippen LogP contribution >= 0.6 is 7.60 Å². The predicted octanol–water partition coefficient (Wildman–Crippen LogP) is 3.74. The van der Waals surface area contributed by atoms with E-state index >= 15 is 0 Å². The Kier molecular flexibility index (Phi) is 9.97. The summed E-state index contributed by atoms with van der Waals surface area (Å²) in [4.78, 5) is 0. The van der Waals surface area contributed by atoms with Gasteiger partial charge in [0.05, 0.1) is 58.5 Å². The van der Waals surface area contributed by atoms with Crippen molar-refractivity contribution in [2.45, 2.75) is 40.8 Å². The zero-order chi connectivity index (χ0) is 21.1. The molecule has 8 nitrogen and oxygen atoms in total. The molecule has 0 aliphatic carbocycles. The highest BCUT2D eigenvalue weighted by Gasteiger charge is 2.22. The van der Waals surface area contributed by atoms with E-state index in [-0.39, 0.29) is 6.16 Å². The molecule has 0 aliphatic rings. The van der Waals surface area contributed by atoms with Gasteiger partial charge >= 0.3 is 7.60 Å². The van der Waals surface area contributed by atoms with Crippen molar-refractivity contribution in [2.75, 3.05) is 39.2 Å². The zero-order valence-electron chi connectivity index (χ0n) is 17.8. The second-order valence-electron chi connectivity index (χ2n) is 6.74. The second-order valence-corrected chi connectivity index (χ2v) is 8.92. The van der Waals surface area contributed by atoms with Crippen LogP contribution in [0.15, 0.2) is 24.4 Å². The third-order valence-electron chi connectivity index (χ3n) is 4.00. The first-order valence-electron chi connectivity index (χ1n) is 9.94. The summed E-state index contributed by atoms with van der Waals surface area (Å²) < 4.78 is 35.6. The Morgan fingerprint density at radius 1 is 0.966 bits per heavy atom. The number of hydrogen-bond donors (Lipinski definition) is 0. The molecule has 1 heterocycles. The van der Waals surface area contributed by atoms with E-state index in [0.29, 0.717) is 46.2 Å². The Hall–Kier alpha value is -1.57. The standard InChI is InChI=1S/C20H32N3O5P/c1-5-27-29(24,28-6-2)10-9-25-7-8-26-16-20-15-23(22-21-20)14-19-12-17(3)11-18(4)13-19/h11-13,15H,5-10,14,16H2,1-4H3. The van der Waals surface area contributed by atoms with Crippen LogP contribution in [-0.2, 0) is 36.2 Å². The molecule has 0 spiro atoms. The predicted molar refractivity (Wildman–Crippen MR) is 111 cm³/mol. The number of hydrogen-bond acceptors (Lipinski definition) is 7. The second kappa shape index (κ2) is 12.2. The first-order valence-corrected chi connectivity index (χ1v) is 11.7. The number of ether oxygens (including phenoxy) is 2. The van der Waals surface area contributed by atoms with Gasteiger partial charge in [0, 0.05) is 0 Å². The van der Waals surface area contributed by atoms with Gasteiger partial charge in [0.15, 0.2) is 0 Å². The van der Waals surface area contributed by atoms with E-state index in [9.17, 15) is 4.57 Å². The van der Waals surface area contributed by atoms with Crippen molar-refractivity contribution in [2.24, 2.45) is 0 Å². The molecule has 0 fully saturated rings. The SMILES string of the molecule is CCOP(=O)(CCOCCOCc1cn(Cc2cc(C)cc(C)c2)nn1)OCC. The summed E-state index contributed by atoms with van der Waals surface area (Å²) in [6, 6.07) is 6.45. The molecule has 1 aromatic heterocycles. The lowest BCUT2D eigenvalue weighted by atomic mass is 10.1. The van der Waals surface area contributed by atoms with E-state index in [0.717, 1.165) is 5.69 Å². The molecule has 2 rings (SSSR count). The lowest BCUT2D eigenvalue weighted by molar-refractivity contribution is 0.0431. The molecule has 0 amide bonds. The molecule has 162 valence electrons. The van der Waals surface area contributed by atoms with E-state index < -0.39 is 7.60 Å². The average molecular weight is 425 g/mol. The number of rotatable bonds is 14. The van der Waals surface area contributed by atoms with Crippen LogP contribution in [0, 0.1) is 13.8 Å². The topological polar surface area (TPSA) is 84.7 Å². The van der Waals surface area contributed by atoms with Crippen molar-refractivity contribution in [1.29, 1.82) is 0 Å². The molecule has 0 N–H and O–H groups in total. The molecule has 0 atom stereocenters. The fourth-order valence-corrected chi connectivity index (χ4v) is 4.43. The van der Waals surface area contributed by atoms with Gasteiger partial charge in [0.2, 0.25) is 0 Å². The Morgan fingerprint density at radius 2 is 1.62 bits per heavy atom. The summed E-state index contributed by atoms with van der Waals surface area (Å²) >= 11 is 0. The van der Waals surface area contributed by atoms with E-state index in [1.807, 2.05) is 10.9 Å². The van der Waals surface area contributed by atoms with Gasteiger partial charge in [-0.05, 0) is 33.3 Å². The minimum Gasteiger partial charge on any atom is -0.378 e. The van der Waals surface area contributed by atoms with Gasteiger partial charge in [-0.2, -0.15) is 0 Å². The molecule has 2 aromatic rings. The van der Waals surface area contributed by atoms with Crippen molar-refractivity contribution in [3.8, 4) is 0 Å². The van der Waals surface area contributed by atoms with Gasteiger partial charge in [-0.1, -0.05) is 34.5 Å². The Labute approximate surface area is 173 Å². The summed E-state index contributed by atoms with van der Waals surface area (Å²) in [5.74, 6) is 0. The van der Waals surface area contributed by atoms with Gasteiger partial charge in [-0.3, -0.25) is 4.57 Å². The fraction of sp³-hybridized carbons (Fsp3) is 0.600. The van der Waals surface area contributed by atoms with Gasteiger partial charge in [0.1, 0.15) is 5.69 Å². The van der Waals surface area contributed by atoms with Crippen molar-refractivity contribution in [1.82, 2.24) is 15.0 Å². The highest BCUT2D eigenvalue weighted by Crippen LogP contribution is 2.47. The lowest BCUT2D eigenvalue weighted by Gasteiger charge is -2.16. The number of aryl methyl sites for hydroxylation is 2. The molecule has 0 saturated heterocycles. The molecule has 1 aromatic carbocycles. The zero-order valence-corrected chi connectivity index (χ0v) is 18.7. The van der Waals surface area contributed by atoms with Crippen LogP contribution < -0.4 is 0 Å². The molecular weight excluding hydrogens is 393 g/mol. The van der Waals surface area contributed by atoms with Crippen LogP contribution in [0.1, 0.15) is 36.2 Å². The lowest BCUT2D eigenvalue weighted by Crippen LogP contribution is -2.10. The van der Waals surface area contributed by atoms with Crippen LogP contribution in [-0.4, -0.2) is 54.2 Å². The number of nitrogens with zero attached hydrogens (tertiary/aromatic N) is 3. The van der Waals surface area contributed by atoms with Crippen molar-refractivity contribution in [3.05, 3.63) is 46.8 Å². The Morgan fingerprint density at radius 3 is 2.28 bits per heavy atom. The highest BCUT2D eigenvalue weighted by atomic mass is 31.2. The van der Waals surface area contributed by atoms with Gasteiger partial charge in [0.25, 0.3) is 0 Å². The van der Waals surface area contributed by atoms with Crippen LogP contribution in [0.3, 0.4) is 0 Å². The maximum Gasteiger partial charge on any atom is 0.332 e. The Balaban J connectivity index is 1.64. The first kappa shape index (κ1) is 23.7. The first-order chi connectivity index (χ1) is 13.9. The van der Waals surface area contributed by atoms with E-state index in [2.05, 4.69) is 42.4 Å². The van der Waals surface area contributed by atoms with E-state index in [1.165, 1.54) is 16.7 Å². The van der Waals surface area contributed by atoms with Crippen molar-refractivity contribution < 1.29 is 23.1 Å².